The number of amides is 1. The van der Waals surface area contributed by atoms with Crippen LogP contribution in [0.25, 0.3) is 10.8 Å². The molecule has 0 aliphatic rings. The van der Waals surface area contributed by atoms with Crippen molar-refractivity contribution >= 4 is 16.7 Å². The van der Waals surface area contributed by atoms with Crippen molar-refractivity contribution in [3.8, 4) is 0 Å². The van der Waals surface area contributed by atoms with Gasteiger partial charge >= 0.3 is 0 Å². The van der Waals surface area contributed by atoms with E-state index in [-0.39, 0.29) is 17.2 Å². The van der Waals surface area contributed by atoms with Gasteiger partial charge in [0.1, 0.15) is 0 Å². The molecular formula is C13H11N5O2. The first-order valence-corrected chi connectivity index (χ1v) is 5.99. The number of nitrogens with zero attached hydrogens (tertiary/aromatic N) is 2. The van der Waals surface area contributed by atoms with Crippen molar-refractivity contribution in [3.05, 3.63) is 58.3 Å². The first kappa shape index (κ1) is 12.1. The van der Waals surface area contributed by atoms with Crippen molar-refractivity contribution in [1.82, 2.24) is 25.7 Å². The summed E-state index contributed by atoms with van der Waals surface area (Å²) in [5.74, 6) is -0.348. The van der Waals surface area contributed by atoms with Crippen LogP contribution in [-0.2, 0) is 6.54 Å². The number of aromatic nitrogens is 4. The minimum Gasteiger partial charge on any atom is -0.346 e. The van der Waals surface area contributed by atoms with Crippen LogP contribution in [0.3, 0.4) is 0 Å². The van der Waals surface area contributed by atoms with Crippen LogP contribution in [0.2, 0.25) is 0 Å². The first-order valence-electron chi connectivity index (χ1n) is 5.99. The van der Waals surface area contributed by atoms with Gasteiger partial charge in [-0.3, -0.25) is 14.7 Å². The molecule has 7 heteroatoms. The van der Waals surface area contributed by atoms with Gasteiger partial charge in [0.05, 0.1) is 11.6 Å². The predicted octanol–water partition coefficient (Wildman–Crippen LogP) is 0.576. The second kappa shape index (κ2) is 4.96. The first-order chi connectivity index (χ1) is 9.75. The third-order valence-corrected chi connectivity index (χ3v) is 2.92. The van der Waals surface area contributed by atoms with Gasteiger partial charge in [-0.25, -0.2) is 5.10 Å². The zero-order chi connectivity index (χ0) is 13.9. The van der Waals surface area contributed by atoms with Crippen LogP contribution in [0, 0.1) is 0 Å². The minimum absolute atomic E-state index is 0.198. The van der Waals surface area contributed by atoms with Crippen LogP contribution < -0.4 is 10.9 Å². The lowest BCUT2D eigenvalue weighted by Gasteiger charge is -2.05. The highest BCUT2D eigenvalue weighted by molar-refractivity contribution is 6.04. The van der Waals surface area contributed by atoms with Crippen molar-refractivity contribution in [1.29, 1.82) is 0 Å². The normalized spacial score (nSPS) is 10.6. The average Bonchev–Trinajstić information content (AvgIpc) is 2.99. The maximum Gasteiger partial charge on any atom is 0.272 e. The third kappa shape index (κ3) is 2.16. The fourth-order valence-electron chi connectivity index (χ4n) is 1.93. The molecule has 0 saturated heterocycles. The summed E-state index contributed by atoms with van der Waals surface area (Å²) in [6, 6.07) is 6.86. The number of fused-ring (bicyclic) bond motifs is 1. The quantitative estimate of drug-likeness (QED) is 0.646. The maximum atomic E-state index is 12.1. The second-order valence-electron chi connectivity index (χ2n) is 4.24. The lowest BCUT2D eigenvalue weighted by molar-refractivity contribution is 0.0946. The third-order valence-electron chi connectivity index (χ3n) is 2.92. The fraction of sp³-hybridized carbons (Fsp3) is 0.0769. The molecule has 0 bridgehead atoms. The molecular weight excluding hydrogens is 258 g/mol. The van der Waals surface area contributed by atoms with Gasteiger partial charge in [-0.1, -0.05) is 18.2 Å². The van der Waals surface area contributed by atoms with E-state index in [1.54, 1.807) is 36.7 Å². The molecule has 2 heterocycles. The number of nitrogens with one attached hydrogen (secondary N) is 3. The Morgan fingerprint density at radius 2 is 2.05 bits per heavy atom. The molecule has 1 aromatic carbocycles. The summed E-state index contributed by atoms with van der Waals surface area (Å²) in [4.78, 5) is 23.8. The summed E-state index contributed by atoms with van der Waals surface area (Å²) >= 11 is 0. The van der Waals surface area contributed by atoms with Crippen molar-refractivity contribution in [2.75, 3.05) is 0 Å². The van der Waals surface area contributed by atoms with E-state index in [0.717, 1.165) is 5.56 Å². The molecule has 0 aliphatic carbocycles. The number of hydrogen-bond acceptors (Lipinski definition) is 4. The molecule has 1 amide bonds. The second-order valence-corrected chi connectivity index (χ2v) is 4.24. The number of H-pyrrole nitrogens is 2. The molecule has 2 aromatic heterocycles. The summed E-state index contributed by atoms with van der Waals surface area (Å²) in [6.45, 7) is 0.338. The molecule has 7 nitrogen and oxygen atoms in total. The molecule has 0 radical (unpaired) electrons. The average molecular weight is 269 g/mol. The maximum absolute atomic E-state index is 12.1. The van der Waals surface area contributed by atoms with Gasteiger partial charge in [0.25, 0.3) is 11.5 Å². The van der Waals surface area contributed by atoms with Gasteiger partial charge in [0.15, 0.2) is 5.69 Å². The highest BCUT2D eigenvalue weighted by atomic mass is 16.2. The van der Waals surface area contributed by atoms with Crippen LogP contribution in [0.15, 0.2) is 41.5 Å². The van der Waals surface area contributed by atoms with Gasteiger partial charge in [0, 0.05) is 23.7 Å². The van der Waals surface area contributed by atoms with Crippen LogP contribution in [-0.4, -0.2) is 26.3 Å². The number of benzene rings is 1. The summed E-state index contributed by atoms with van der Waals surface area (Å²) in [5.41, 5.74) is 0.739. The van der Waals surface area contributed by atoms with Crippen LogP contribution in [0.5, 0.6) is 0 Å². The molecule has 0 saturated carbocycles. The topological polar surface area (TPSA) is 104 Å². The molecule has 3 N–H and O–H groups in total. The molecule has 0 spiro atoms. The predicted molar refractivity (Wildman–Crippen MR) is 72.1 cm³/mol. The fourth-order valence-corrected chi connectivity index (χ4v) is 1.93. The Balaban J connectivity index is 1.92. The van der Waals surface area contributed by atoms with Crippen LogP contribution in [0.4, 0.5) is 0 Å². The zero-order valence-corrected chi connectivity index (χ0v) is 10.4. The summed E-state index contributed by atoms with van der Waals surface area (Å²) in [5, 5.41) is 16.3. The van der Waals surface area contributed by atoms with E-state index < -0.39 is 0 Å². The largest absolute Gasteiger partial charge is 0.346 e. The monoisotopic (exact) mass is 269 g/mol. The molecule has 3 rings (SSSR count). The van der Waals surface area contributed by atoms with Crippen molar-refractivity contribution in [2.24, 2.45) is 0 Å². The Morgan fingerprint density at radius 1 is 1.25 bits per heavy atom. The summed E-state index contributed by atoms with van der Waals surface area (Å²) in [6.07, 6.45) is 3.32. The number of carbonyl (C=O) groups excluding carboxylic acids is 1. The molecule has 100 valence electrons. The van der Waals surface area contributed by atoms with E-state index in [2.05, 4.69) is 25.7 Å². The molecule has 0 atom stereocenters. The van der Waals surface area contributed by atoms with E-state index in [1.807, 2.05) is 0 Å². The Labute approximate surface area is 113 Å². The van der Waals surface area contributed by atoms with Crippen molar-refractivity contribution in [2.45, 2.75) is 6.54 Å². The van der Waals surface area contributed by atoms with Gasteiger partial charge < -0.3 is 5.32 Å². The molecule has 20 heavy (non-hydrogen) atoms. The van der Waals surface area contributed by atoms with E-state index in [0.29, 0.717) is 17.3 Å². The minimum atomic E-state index is -0.348. The van der Waals surface area contributed by atoms with Gasteiger partial charge in [-0.05, 0) is 6.07 Å². The molecule has 3 aromatic rings. The summed E-state index contributed by atoms with van der Waals surface area (Å²) in [7, 11) is 0. The number of carbonyl (C=O) groups is 1. The smallest absolute Gasteiger partial charge is 0.272 e. The van der Waals surface area contributed by atoms with E-state index in [4.69, 9.17) is 0 Å². The lowest BCUT2D eigenvalue weighted by Crippen LogP contribution is -2.26. The number of aromatic amines is 2. The van der Waals surface area contributed by atoms with Crippen molar-refractivity contribution < 1.29 is 4.79 Å². The van der Waals surface area contributed by atoms with Crippen molar-refractivity contribution in [3.63, 3.8) is 0 Å². The zero-order valence-electron chi connectivity index (χ0n) is 10.4. The van der Waals surface area contributed by atoms with E-state index in [1.165, 1.54) is 0 Å². The van der Waals surface area contributed by atoms with Gasteiger partial charge in [-0.2, -0.15) is 10.2 Å². The van der Waals surface area contributed by atoms with Gasteiger partial charge in [-0.15, -0.1) is 0 Å². The van der Waals surface area contributed by atoms with Crippen LogP contribution >= 0.6 is 0 Å². The SMILES string of the molecule is O=C(NCc1cn[nH]c1)c1n[nH]c(=O)c2ccccc12. The number of hydrogen-bond donors (Lipinski definition) is 3. The lowest BCUT2D eigenvalue weighted by atomic mass is 10.1. The highest BCUT2D eigenvalue weighted by Gasteiger charge is 2.13. The Kier molecular flexibility index (Phi) is 3.00. The van der Waals surface area contributed by atoms with E-state index in [9.17, 15) is 9.59 Å². The summed E-state index contributed by atoms with van der Waals surface area (Å²) < 4.78 is 0. The Bertz CT molecular complexity index is 807. The van der Waals surface area contributed by atoms with Crippen LogP contribution in [0.1, 0.15) is 16.1 Å². The van der Waals surface area contributed by atoms with Gasteiger partial charge in [0.2, 0.25) is 0 Å². The molecule has 0 fully saturated rings. The molecule has 0 aliphatic heterocycles. The Hall–Kier alpha value is -2.96. The molecule has 0 unspecified atom stereocenters. The number of rotatable bonds is 3. The van der Waals surface area contributed by atoms with E-state index >= 15 is 0 Å². The Morgan fingerprint density at radius 3 is 2.80 bits per heavy atom. The highest BCUT2D eigenvalue weighted by Crippen LogP contribution is 2.12. The standard InChI is InChI=1S/C13H11N5O2/c19-12-10-4-2-1-3-9(10)11(17-18-12)13(20)14-5-8-6-15-16-7-8/h1-4,6-7H,5H2,(H,14,20)(H,15,16)(H,18,19).